The monoisotopic (exact) mass is 211 g/mol. The highest BCUT2D eigenvalue weighted by molar-refractivity contribution is 4.98. The van der Waals surface area contributed by atoms with E-state index in [1.54, 1.807) is 0 Å². The van der Waals surface area contributed by atoms with E-state index in [0.29, 0.717) is 18.1 Å². The normalized spacial score (nSPS) is 32.6. The van der Waals surface area contributed by atoms with Crippen LogP contribution in [-0.2, 0) is 0 Å². The fraction of sp³-hybridized carbons (Fsp3) is 1.00. The Hall–Kier alpha value is -0.0800. The molecule has 2 fully saturated rings. The van der Waals surface area contributed by atoms with Crippen LogP contribution in [0.4, 0.5) is 0 Å². The third-order valence-corrected chi connectivity index (χ3v) is 4.70. The van der Waals surface area contributed by atoms with Gasteiger partial charge >= 0.3 is 0 Å². The van der Waals surface area contributed by atoms with Gasteiger partial charge in [-0.25, -0.2) is 0 Å². The van der Waals surface area contributed by atoms with E-state index < -0.39 is 0 Å². The molecule has 0 aromatic heterocycles. The van der Waals surface area contributed by atoms with Gasteiger partial charge in [0.15, 0.2) is 0 Å². The van der Waals surface area contributed by atoms with Gasteiger partial charge in [0.25, 0.3) is 0 Å². The van der Waals surface area contributed by atoms with Gasteiger partial charge in [-0.3, -0.25) is 4.90 Å². The van der Waals surface area contributed by atoms with Gasteiger partial charge in [-0.2, -0.15) is 0 Å². The van der Waals surface area contributed by atoms with Gasteiger partial charge in [-0.05, 0) is 52.0 Å². The first-order valence-corrected chi connectivity index (χ1v) is 6.54. The topological polar surface area (TPSA) is 23.5 Å². The van der Waals surface area contributed by atoms with E-state index in [4.69, 9.17) is 5.11 Å². The maximum atomic E-state index is 9.09. The van der Waals surface area contributed by atoms with Crippen molar-refractivity contribution in [2.45, 2.75) is 64.0 Å². The first-order valence-electron chi connectivity index (χ1n) is 6.54. The summed E-state index contributed by atoms with van der Waals surface area (Å²) in [5.74, 6) is 0.697. The van der Waals surface area contributed by atoms with Crippen LogP contribution in [0.3, 0.4) is 0 Å². The Kier molecular flexibility index (Phi) is 3.36. The van der Waals surface area contributed by atoms with E-state index in [9.17, 15) is 0 Å². The van der Waals surface area contributed by atoms with Crippen molar-refractivity contribution in [2.75, 3.05) is 13.2 Å². The molecule has 15 heavy (non-hydrogen) atoms. The molecule has 88 valence electrons. The predicted molar refractivity (Wildman–Crippen MR) is 62.9 cm³/mol. The van der Waals surface area contributed by atoms with Gasteiger partial charge in [0.2, 0.25) is 0 Å². The van der Waals surface area contributed by atoms with E-state index in [1.165, 1.54) is 38.6 Å². The van der Waals surface area contributed by atoms with Crippen molar-refractivity contribution in [2.24, 2.45) is 5.92 Å². The van der Waals surface area contributed by atoms with Crippen LogP contribution in [0.15, 0.2) is 0 Å². The fourth-order valence-corrected chi connectivity index (χ4v) is 3.69. The molecule has 0 amide bonds. The van der Waals surface area contributed by atoms with Crippen LogP contribution in [0.5, 0.6) is 0 Å². The standard InChI is InChI=1S/C13H25NO/c1-13(2)11(8-10-15)7-9-14(13)12-5-3-4-6-12/h11-12,15H,3-10H2,1-2H3. The highest BCUT2D eigenvalue weighted by atomic mass is 16.3. The van der Waals surface area contributed by atoms with Crippen LogP contribution in [-0.4, -0.2) is 34.7 Å². The molecule has 2 aliphatic rings. The molecule has 2 heteroatoms. The van der Waals surface area contributed by atoms with Crippen molar-refractivity contribution < 1.29 is 5.11 Å². The Balaban J connectivity index is 2.01. The molecule has 0 spiro atoms. The zero-order chi connectivity index (χ0) is 10.9. The molecule has 1 N–H and O–H groups in total. The number of rotatable bonds is 3. The minimum atomic E-state index is 0.317. The second kappa shape index (κ2) is 4.42. The smallest absolute Gasteiger partial charge is 0.0434 e. The van der Waals surface area contributed by atoms with Gasteiger partial charge < -0.3 is 5.11 Å². The Morgan fingerprint density at radius 1 is 1.20 bits per heavy atom. The molecule has 1 unspecified atom stereocenters. The van der Waals surface area contributed by atoms with Gasteiger partial charge in [0.1, 0.15) is 0 Å². The summed E-state index contributed by atoms with van der Waals surface area (Å²) in [4.78, 5) is 2.72. The number of nitrogens with zero attached hydrogens (tertiary/aromatic N) is 1. The second-order valence-electron chi connectivity index (χ2n) is 5.78. The molecule has 1 atom stereocenters. The molecule has 2 nitrogen and oxygen atoms in total. The molecule has 0 aromatic rings. The van der Waals surface area contributed by atoms with E-state index >= 15 is 0 Å². The maximum absolute atomic E-state index is 9.09. The quantitative estimate of drug-likeness (QED) is 0.775. The molecule has 0 aromatic carbocycles. The summed E-state index contributed by atoms with van der Waals surface area (Å²) in [7, 11) is 0. The SMILES string of the molecule is CC1(C)C(CCO)CCN1C1CCCC1. The van der Waals surface area contributed by atoms with Crippen molar-refractivity contribution in [1.82, 2.24) is 4.90 Å². The van der Waals surface area contributed by atoms with E-state index in [-0.39, 0.29) is 0 Å². The van der Waals surface area contributed by atoms with Crippen molar-refractivity contribution in [3.8, 4) is 0 Å². The fourth-order valence-electron chi connectivity index (χ4n) is 3.69. The molecular weight excluding hydrogens is 186 g/mol. The lowest BCUT2D eigenvalue weighted by atomic mass is 9.85. The molecule has 1 saturated heterocycles. The first kappa shape index (κ1) is 11.4. The van der Waals surface area contributed by atoms with Crippen LogP contribution in [0, 0.1) is 5.92 Å². The Morgan fingerprint density at radius 2 is 1.87 bits per heavy atom. The Bertz CT molecular complexity index is 209. The number of likely N-dealkylation sites (tertiary alicyclic amines) is 1. The highest BCUT2D eigenvalue weighted by Gasteiger charge is 2.43. The lowest BCUT2D eigenvalue weighted by Crippen LogP contribution is -2.47. The van der Waals surface area contributed by atoms with E-state index in [1.807, 2.05) is 0 Å². The van der Waals surface area contributed by atoms with E-state index in [2.05, 4.69) is 18.7 Å². The van der Waals surface area contributed by atoms with E-state index in [0.717, 1.165) is 12.5 Å². The summed E-state index contributed by atoms with van der Waals surface area (Å²) < 4.78 is 0. The van der Waals surface area contributed by atoms with Gasteiger partial charge in [0, 0.05) is 18.2 Å². The number of aliphatic hydroxyl groups excluding tert-OH is 1. The van der Waals surface area contributed by atoms with Crippen molar-refractivity contribution in [1.29, 1.82) is 0 Å². The van der Waals surface area contributed by atoms with Gasteiger partial charge in [-0.15, -0.1) is 0 Å². The zero-order valence-corrected chi connectivity index (χ0v) is 10.2. The second-order valence-corrected chi connectivity index (χ2v) is 5.78. The van der Waals surface area contributed by atoms with Gasteiger partial charge in [0.05, 0.1) is 0 Å². The summed E-state index contributed by atoms with van der Waals surface area (Å²) in [5.41, 5.74) is 0.317. The number of hydrogen-bond donors (Lipinski definition) is 1. The van der Waals surface area contributed by atoms with Crippen molar-refractivity contribution in [3.05, 3.63) is 0 Å². The molecule has 1 aliphatic heterocycles. The summed E-state index contributed by atoms with van der Waals surface area (Å²) in [6.07, 6.45) is 7.90. The number of hydrogen-bond acceptors (Lipinski definition) is 2. The summed E-state index contributed by atoms with van der Waals surface area (Å²) in [5, 5.41) is 9.09. The van der Waals surface area contributed by atoms with Crippen LogP contribution >= 0.6 is 0 Å². The number of aliphatic hydroxyl groups is 1. The average Bonchev–Trinajstić information content (AvgIpc) is 2.76. The van der Waals surface area contributed by atoms with Crippen LogP contribution < -0.4 is 0 Å². The van der Waals surface area contributed by atoms with Gasteiger partial charge in [-0.1, -0.05) is 12.8 Å². The molecule has 1 heterocycles. The van der Waals surface area contributed by atoms with Crippen molar-refractivity contribution >= 4 is 0 Å². The Labute approximate surface area is 93.7 Å². The molecule has 0 radical (unpaired) electrons. The lowest BCUT2D eigenvalue weighted by Gasteiger charge is -2.40. The third-order valence-electron chi connectivity index (χ3n) is 4.70. The molecule has 0 bridgehead atoms. The zero-order valence-electron chi connectivity index (χ0n) is 10.2. The maximum Gasteiger partial charge on any atom is 0.0434 e. The summed E-state index contributed by atoms with van der Waals surface area (Å²) >= 11 is 0. The molecule has 2 rings (SSSR count). The first-order chi connectivity index (χ1) is 7.16. The van der Waals surface area contributed by atoms with Crippen molar-refractivity contribution in [3.63, 3.8) is 0 Å². The summed E-state index contributed by atoms with van der Waals surface area (Å²) in [6, 6.07) is 0.837. The third kappa shape index (κ3) is 2.07. The molecule has 1 saturated carbocycles. The average molecular weight is 211 g/mol. The van der Waals surface area contributed by atoms with Crippen LogP contribution in [0.25, 0.3) is 0 Å². The molecule has 1 aliphatic carbocycles. The minimum absolute atomic E-state index is 0.317. The molecular formula is C13H25NO. The predicted octanol–water partition coefficient (Wildman–Crippen LogP) is 2.41. The lowest BCUT2D eigenvalue weighted by molar-refractivity contribution is 0.0810. The van der Waals surface area contributed by atoms with Crippen LogP contribution in [0.1, 0.15) is 52.4 Å². The largest absolute Gasteiger partial charge is 0.396 e. The Morgan fingerprint density at radius 3 is 2.47 bits per heavy atom. The highest BCUT2D eigenvalue weighted by Crippen LogP contribution is 2.41. The summed E-state index contributed by atoms with van der Waals surface area (Å²) in [6.45, 7) is 6.35. The minimum Gasteiger partial charge on any atom is -0.396 e. The van der Waals surface area contributed by atoms with Crippen LogP contribution in [0.2, 0.25) is 0 Å².